The highest BCUT2D eigenvalue weighted by Crippen LogP contribution is 2.21. The number of carbonyl (C=O) groups is 1. The van der Waals surface area contributed by atoms with Crippen LogP contribution in [0.3, 0.4) is 0 Å². The summed E-state index contributed by atoms with van der Waals surface area (Å²) in [6.07, 6.45) is 0.754. The van der Waals surface area contributed by atoms with Crippen molar-refractivity contribution < 1.29 is 4.79 Å². The zero-order valence-electron chi connectivity index (χ0n) is 15.5. The number of fused-ring (bicyclic) bond motifs is 1. The number of carbonyl (C=O) groups excluding carboxylic acids is 1. The van der Waals surface area contributed by atoms with Gasteiger partial charge in [-0.3, -0.25) is 4.79 Å². The number of piperazine rings is 1. The van der Waals surface area contributed by atoms with Gasteiger partial charge >= 0.3 is 0 Å². The fraction of sp³-hybridized carbons (Fsp3) is 0.333. The maximum Gasteiger partial charge on any atom is 0.251 e. The van der Waals surface area contributed by atoms with Gasteiger partial charge in [0.25, 0.3) is 5.91 Å². The summed E-state index contributed by atoms with van der Waals surface area (Å²) in [6.45, 7) is 4.81. The predicted molar refractivity (Wildman–Crippen MR) is 112 cm³/mol. The van der Waals surface area contributed by atoms with Crippen molar-refractivity contribution in [2.24, 2.45) is 0 Å². The molecule has 6 heteroatoms. The summed E-state index contributed by atoms with van der Waals surface area (Å²) in [5.41, 5.74) is 2.93. The summed E-state index contributed by atoms with van der Waals surface area (Å²) in [5.74, 6) is -0.0268. The second kappa shape index (κ2) is 8.06. The molecule has 0 atom stereocenters. The molecule has 1 saturated heterocycles. The molecule has 0 bridgehead atoms. The number of likely N-dealkylation sites (N-methyl/N-ethyl adjacent to an activating group) is 1. The summed E-state index contributed by atoms with van der Waals surface area (Å²) < 4.78 is 1.19. The number of hydrogen-bond acceptors (Lipinski definition) is 5. The first-order valence-electron chi connectivity index (χ1n) is 9.35. The first-order valence-corrected chi connectivity index (χ1v) is 10.2. The molecule has 0 spiro atoms. The van der Waals surface area contributed by atoms with Crippen LogP contribution in [-0.4, -0.2) is 55.6 Å². The van der Waals surface area contributed by atoms with Crippen molar-refractivity contribution in [3.05, 3.63) is 59.1 Å². The number of nitrogens with one attached hydrogen (secondary N) is 1. The molecule has 27 heavy (non-hydrogen) atoms. The number of rotatable bonds is 5. The average Bonchev–Trinajstić information content (AvgIpc) is 3.11. The van der Waals surface area contributed by atoms with Crippen molar-refractivity contribution in [1.29, 1.82) is 0 Å². The van der Waals surface area contributed by atoms with Crippen molar-refractivity contribution in [3.8, 4) is 0 Å². The minimum atomic E-state index is -0.0268. The van der Waals surface area contributed by atoms with E-state index < -0.39 is 0 Å². The Morgan fingerprint density at radius 1 is 1.07 bits per heavy atom. The molecule has 1 fully saturated rings. The SMILES string of the molecule is CN1CCN(c2ccc(C(=O)NCCc3nc4ccccc4s3)cc2)CC1. The number of para-hydroxylation sites is 1. The molecule has 1 aliphatic heterocycles. The third kappa shape index (κ3) is 4.28. The van der Waals surface area contributed by atoms with E-state index in [1.54, 1.807) is 11.3 Å². The van der Waals surface area contributed by atoms with E-state index in [9.17, 15) is 4.79 Å². The lowest BCUT2D eigenvalue weighted by atomic mass is 10.1. The maximum absolute atomic E-state index is 12.4. The van der Waals surface area contributed by atoms with E-state index in [1.165, 1.54) is 10.4 Å². The van der Waals surface area contributed by atoms with Crippen LogP contribution < -0.4 is 10.2 Å². The Bertz CT molecular complexity index is 880. The molecule has 1 amide bonds. The van der Waals surface area contributed by atoms with E-state index >= 15 is 0 Å². The summed E-state index contributed by atoms with van der Waals surface area (Å²) in [6, 6.07) is 16.1. The van der Waals surface area contributed by atoms with Crippen LogP contribution in [0.5, 0.6) is 0 Å². The number of hydrogen-bond donors (Lipinski definition) is 1. The van der Waals surface area contributed by atoms with Crippen molar-refractivity contribution in [3.63, 3.8) is 0 Å². The minimum Gasteiger partial charge on any atom is -0.369 e. The summed E-state index contributed by atoms with van der Waals surface area (Å²) in [7, 11) is 2.15. The molecule has 1 aromatic heterocycles. The van der Waals surface area contributed by atoms with E-state index in [0.29, 0.717) is 12.1 Å². The zero-order chi connectivity index (χ0) is 18.6. The quantitative estimate of drug-likeness (QED) is 0.739. The third-order valence-corrected chi connectivity index (χ3v) is 6.06. The Morgan fingerprint density at radius 2 is 1.81 bits per heavy atom. The van der Waals surface area contributed by atoms with Crippen LogP contribution in [-0.2, 0) is 6.42 Å². The Morgan fingerprint density at radius 3 is 2.56 bits per heavy atom. The van der Waals surface area contributed by atoms with Gasteiger partial charge in [0.1, 0.15) is 0 Å². The van der Waals surface area contributed by atoms with E-state index in [-0.39, 0.29) is 5.91 Å². The lowest BCUT2D eigenvalue weighted by Crippen LogP contribution is -2.44. The summed E-state index contributed by atoms with van der Waals surface area (Å²) >= 11 is 1.69. The van der Waals surface area contributed by atoms with E-state index in [4.69, 9.17) is 0 Å². The van der Waals surface area contributed by atoms with Crippen LogP contribution in [0.4, 0.5) is 5.69 Å². The molecule has 2 heterocycles. The highest BCUT2D eigenvalue weighted by Gasteiger charge is 2.14. The molecule has 1 aliphatic rings. The Kier molecular flexibility index (Phi) is 5.36. The van der Waals surface area contributed by atoms with Gasteiger partial charge in [0, 0.05) is 50.4 Å². The highest BCUT2D eigenvalue weighted by atomic mass is 32.1. The van der Waals surface area contributed by atoms with E-state index in [2.05, 4.69) is 33.2 Å². The Balaban J connectivity index is 1.30. The Hall–Kier alpha value is -2.44. The Labute approximate surface area is 163 Å². The van der Waals surface area contributed by atoms with Crippen LogP contribution in [0, 0.1) is 0 Å². The highest BCUT2D eigenvalue weighted by molar-refractivity contribution is 7.18. The zero-order valence-corrected chi connectivity index (χ0v) is 16.3. The molecule has 0 saturated carbocycles. The molecule has 140 valence electrons. The second-order valence-corrected chi connectivity index (χ2v) is 8.03. The largest absolute Gasteiger partial charge is 0.369 e. The average molecular weight is 381 g/mol. The van der Waals surface area contributed by atoms with Gasteiger partial charge in [-0.05, 0) is 43.4 Å². The van der Waals surface area contributed by atoms with Gasteiger partial charge < -0.3 is 15.1 Å². The second-order valence-electron chi connectivity index (χ2n) is 6.92. The molecule has 0 aliphatic carbocycles. The van der Waals surface area contributed by atoms with Crippen molar-refractivity contribution in [2.45, 2.75) is 6.42 Å². The summed E-state index contributed by atoms with van der Waals surface area (Å²) in [5, 5.41) is 4.06. The standard InChI is InChI=1S/C21H24N4OS/c1-24-12-14-25(15-13-24)17-8-6-16(7-9-17)21(26)22-11-10-20-23-18-4-2-3-5-19(18)27-20/h2-9H,10-15H2,1H3,(H,22,26). The smallest absolute Gasteiger partial charge is 0.251 e. The molecular weight excluding hydrogens is 356 g/mol. The van der Waals surface area contributed by atoms with Crippen LogP contribution >= 0.6 is 11.3 Å². The van der Waals surface area contributed by atoms with Crippen LogP contribution in [0.15, 0.2) is 48.5 Å². The molecule has 5 nitrogen and oxygen atoms in total. The molecule has 4 rings (SSSR count). The number of benzene rings is 2. The number of aromatic nitrogens is 1. The van der Waals surface area contributed by atoms with Gasteiger partial charge in [-0.15, -0.1) is 11.3 Å². The lowest BCUT2D eigenvalue weighted by Gasteiger charge is -2.34. The van der Waals surface area contributed by atoms with Crippen LogP contribution in [0.1, 0.15) is 15.4 Å². The van der Waals surface area contributed by atoms with Crippen LogP contribution in [0.2, 0.25) is 0 Å². The molecular formula is C21H24N4OS. The molecule has 1 N–H and O–H groups in total. The number of nitrogens with zero attached hydrogens (tertiary/aromatic N) is 3. The maximum atomic E-state index is 12.4. The normalized spacial score (nSPS) is 15.2. The first-order chi connectivity index (χ1) is 13.2. The topological polar surface area (TPSA) is 48.5 Å². The molecule has 2 aromatic carbocycles. The number of thiazole rings is 1. The van der Waals surface area contributed by atoms with Gasteiger partial charge in [-0.2, -0.15) is 0 Å². The van der Waals surface area contributed by atoms with Gasteiger partial charge in [0.05, 0.1) is 15.2 Å². The van der Waals surface area contributed by atoms with Gasteiger partial charge in [0.15, 0.2) is 0 Å². The van der Waals surface area contributed by atoms with Gasteiger partial charge in [0.2, 0.25) is 0 Å². The van der Waals surface area contributed by atoms with E-state index in [0.717, 1.165) is 43.1 Å². The van der Waals surface area contributed by atoms with Crippen molar-refractivity contribution >= 4 is 33.1 Å². The minimum absolute atomic E-state index is 0.0268. The van der Waals surface area contributed by atoms with Gasteiger partial charge in [-0.1, -0.05) is 12.1 Å². The monoisotopic (exact) mass is 380 g/mol. The van der Waals surface area contributed by atoms with E-state index in [1.807, 2.05) is 42.5 Å². The first kappa shape index (κ1) is 17.9. The predicted octanol–water partition coefficient (Wildman–Crippen LogP) is 3.02. The van der Waals surface area contributed by atoms with Gasteiger partial charge in [-0.25, -0.2) is 4.98 Å². The fourth-order valence-electron chi connectivity index (χ4n) is 3.30. The molecule has 0 unspecified atom stereocenters. The lowest BCUT2D eigenvalue weighted by molar-refractivity contribution is 0.0954. The molecule has 3 aromatic rings. The fourth-order valence-corrected chi connectivity index (χ4v) is 4.27. The number of amides is 1. The summed E-state index contributed by atoms with van der Waals surface area (Å²) in [4.78, 5) is 21.7. The molecule has 0 radical (unpaired) electrons. The van der Waals surface area contributed by atoms with Crippen LogP contribution in [0.25, 0.3) is 10.2 Å². The third-order valence-electron chi connectivity index (χ3n) is 4.96. The van der Waals surface area contributed by atoms with Crippen molar-refractivity contribution in [2.75, 3.05) is 44.7 Å². The van der Waals surface area contributed by atoms with Crippen molar-refractivity contribution in [1.82, 2.24) is 15.2 Å². The number of anilines is 1.